The minimum atomic E-state index is -0.110. The Morgan fingerprint density at radius 1 is 0.700 bits per heavy atom. The number of carbonyl (C=O) groups excluding carboxylic acids is 1. The van der Waals surface area contributed by atoms with Gasteiger partial charge < -0.3 is 9.47 Å². The summed E-state index contributed by atoms with van der Waals surface area (Å²) in [6.07, 6.45) is -0.186. The lowest BCUT2D eigenvalue weighted by molar-refractivity contribution is 0.0473. The van der Waals surface area contributed by atoms with Crippen LogP contribution in [0.1, 0.15) is 57.5 Å². The van der Waals surface area contributed by atoms with E-state index >= 15 is 0 Å². The molecule has 0 saturated heterocycles. The van der Waals surface area contributed by atoms with Crippen LogP contribution < -0.4 is 9.47 Å². The maximum absolute atomic E-state index is 13.3. The van der Waals surface area contributed by atoms with Crippen LogP contribution >= 0.6 is 0 Å². The van der Waals surface area contributed by atoms with E-state index in [4.69, 9.17) is 9.47 Å². The van der Waals surface area contributed by atoms with Gasteiger partial charge in [0.25, 0.3) is 0 Å². The van der Waals surface area contributed by atoms with Crippen molar-refractivity contribution in [1.82, 2.24) is 9.80 Å². The monoisotopic (exact) mass is 410 g/mol. The van der Waals surface area contributed by atoms with Gasteiger partial charge in [0, 0.05) is 16.7 Å². The largest absolute Gasteiger partial charge is 0.475 e. The van der Waals surface area contributed by atoms with Gasteiger partial charge in [-0.1, -0.05) is 52.0 Å². The number of benzene rings is 2. The van der Waals surface area contributed by atoms with E-state index < -0.39 is 0 Å². The van der Waals surface area contributed by atoms with Crippen LogP contribution in [0.5, 0.6) is 11.5 Å². The zero-order valence-electron chi connectivity index (χ0n) is 19.1. The zero-order valence-corrected chi connectivity index (χ0v) is 19.1. The zero-order chi connectivity index (χ0) is 21.8. The van der Waals surface area contributed by atoms with Crippen molar-refractivity contribution >= 4 is 5.78 Å². The van der Waals surface area contributed by atoms with Gasteiger partial charge in [-0.2, -0.15) is 0 Å². The van der Waals surface area contributed by atoms with Gasteiger partial charge in [0.2, 0.25) is 0 Å². The fourth-order valence-electron chi connectivity index (χ4n) is 4.30. The van der Waals surface area contributed by atoms with Crippen LogP contribution in [0.4, 0.5) is 0 Å². The lowest BCUT2D eigenvalue weighted by Crippen LogP contribution is -2.37. The highest BCUT2D eigenvalue weighted by Gasteiger charge is 2.33. The third kappa shape index (κ3) is 4.09. The molecule has 0 heterocycles. The SMILES string of the molecule is CCN(CC)C(C)Oc1cccc2c1C(=O)c1cccc(OC(C)N(CC)CC)c1-2. The van der Waals surface area contributed by atoms with E-state index in [0.717, 1.165) is 43.1 Å². The van der Waals surface area contributed by atoms with E-state index in [0.29, 0.717) is 16.9 Å². The molecule has 0 amide bonds. The molecule has 30 heavy (non-hydrogen) atoms. The molecule has 0 fully saturated rings. The Bertz CT molecular complexity index is 888. The minimum absolute atomic E-state index is 0.00305. The van der Waals surface area contributed by atoms with E-state index in [-0.39, 0.29) is 18.2 Å². The third-order valence-corrected chi connectivity index (χ3v) is 6.04. The van der Waals surface area contributed by atoms with Crippen LogP contribution in [-0.2, 0) is 0 Å². The number of rotatable bonds is 10. The average molecular weight is 411 g/mol. The van der Waals surface area contributed by atoms with Crippen molar-refractivity contribution in [3.8, 4) is 22.6 Å². The summed E-state index contributed by atoms with van der Waals surface area (Å²) in [4.78, 5) is 17.8. The van der Waals surface area contributed by atoms with Crippen LogP contribution in [0.2, 0.25) is 0 Å². The van der Waals surface area contributed by atoms with Crippen molar-refractivity contribution < 1.29 is 14.3 Å². The van der Waals surface area contributed by atoms with Crippen molar-refractivity contribution in [2.45, 2.75) is 54.0 Å². The summed E-state index contributed by atoms with van der Waals surface area (Å²) < 4.78 is 12.6. The molecule has 0 aliphatic heterocycles. The summed E-state index contributed by atoms with van der Waals surface area (Å²) in [5.74, 6) is 1.38. The van der Waals surface area contributed by atoms with Gasteiger partial charge in [-0.05, 0) is 52.2 Å². The number of hydrogen-bond donors (Lipinski definition) is 0. The molecule has 0 bridgehead atoms. The number of nitrogens with zero attached hydrogens (tertiary/aromatic N) is 2. The maximum Gasteiger partial charge on any atom is 0.198 e. The van der Waals surface area contributed by atoms with Crippen LogP contribution in [0.3, 0.4) is 0 Å². The molecule has 1 aliphatic carbocycles. The Balaban J connectivity index is 1.99. The van der Waals surface area contributed by atoms with Crippen LogP contribution in [0, 0.1) is 0 Å². The fraction of sp³-hybridized carbons (Fsp3) is 0.480. The summed E-state index contributed by atoms with van der Waals surface area (Å²) >= 11 is 0. The highest BCUT2D eigenvalue weighted by molar-refractivity contribution is 6.24. The van der Waals surface area contributed by atoms with Crippen LogP contribution in [0.15, 0.2) is 36.4 Å². The van der Waals surface area contributed by atoms with Gasteiger partial charge in [-0.25, -0.2) is 0 Å². The molecule has 0 radical (unpaired) electrons. The molecule has 3 rings (SSSR count). The molecule has 1 aliphatic rings. The lowest BCUT2D eigenvalue weighted by atomic mass is 10.0. The predicted molar refractivity (Wildman–Crippen MR) is 121 cm³/mol. The summed E-state index contributed by atoms with van der Waals surface area (Å²) in [6, 6.07) is 11.6. The number of carbonyl (C=O) groups is 1. The Labute approximate surface area is 180 Å². The highest BCUT2D eigenvalue weighted by atomic mass is 16.5. The Morgan fingerprint density at radius 3 is 1.60 bits per heavy atom. The summed E-state index contributed by atoms with van der Waals surface area (Å²) in [7, 11) is 0. The van der Waals surface area contributed by atoms with Crippen molar-refractivity contribution in [1.29, 1.82) is 0 Å². The molecule has 0 aromatic heterocycles. The minimum Gasteiger partial charge on any atom is -0.475 e. The normalized spacial score (nSPS) is 14.6. The number of fused-ring (bicyclic) bond motifs is 3. The smallest absolute Gasteiger partial charge is 0.198 e. The van der Waals surface area contributed by atoms with Gasteiger partial charge in [0.1, 0.15) is 24.0 Å². The topological polar surface area (TPSA) is 42.0 Å². The summed E-state index contributed by atoms with van der Waals surface area (Å²) in [5, 5.41) is 0. The molecule has 0 N–H and O–H groups in total. The van der Waals surface area contributed by atoms with E-state index in [2.05, 4.69) is 44.4 Å². The van der Waals surface area contributed by atoms with Gasteiger partial charge in [-0.3, -0.25) is 14.6 Å². The Hall–Kier alpha value is -2.37. The molecule has 2 atom stereocenters. The van der Waals surface area contributed by atoms with Gasteiger partial charge in [0.05, 0.1) is 5.56 Å². The first-order valence-electron chi connectivity index (χ1n) is 11.1. The van der Waals surface area contributed by atoms with Gasteiger partial charge in [0.15, 0.2) is 5.78 Å². The molecule has 5 nitrogen and oxygen atoms in total. The third-order valence-electron chi connectivity index (χ3n) is 6.04. The summed E-state index contributed by atoms with van der Waals surface area (Å²) in [6.45, 7) is 16.1. The molecule has 0 saturated carbocycles. The van der Waals surface area contributed by atoms with E-state index in [1.807, 2.05) is 43.3 Å². The first kappa shape index (κ1) is 22.3. The average Bonchev–Trinajstić information content (AvgIpc) is 3.04. The molecular weight excluding hydrogens is 376 g/mol. The van der Waals surface area contributed by atoms with Gasteiger partial charge in [-0.15, -0.1) is 0 Å². The van der Waals surface area contributed by atoms with Crippen molar-refractivity contribution in [3.63, 3.8) is 0 Å². The van der Waals surface area contributed by atoms with Crippen LogP contribution in [0.25, 0.3) is 11.1 Å². The Morgan fingerprint density at radius 2 is 1.13 bits per heavy atom. The molecule has 0 spiro atoms. The molecule has 2 aromatic carbocycles. The maximum atomic E-state index is 13.3. The fourth-order valence-corrected chi connectivity index (χ4v) is 4.30. The van der Waals surface area contributed by atoms with E-state index in [1.165, 1.54) is 0 Å². The quantitative estimate of drug-likeness (QED) is 0.439. The van der Waals surface area contributed by atoms with Crippen molar-refractivity contribution in [3.05, 3.63) is 47.5 Å². The second-order valence-electron chi connectivity index (χ2n) is 7.56. The number of ketones is 1. The molecule has 2 aromatic rings. The highest BCUT2D eigenvalue weighted by Crippen LogP contribution is 2.46. The molecular formula is C25H34N2O3. The van der Waals surface area contributed by atoms with E-state index in [1.54, 1.807) is 0 Å². The standard InChI is InChI=1S/C25H34N2O3/c1-7-26(8-2)17(5)29-21-15-12-14-20-23(21)19-13-11-16-22(24(19)25(20)28)30-18(6)27(9-3)10-4/h11-18H,7-10H2,1-6H3. The Kier molecular flexibility index (Phi) is 7.16. The summed E-state index contributed by atoms with van der Waals surface area (Å²) in [5.41, 5.74) is 3.08. The first-order valence-corrected chi connectivity index (χ1v) is 11.1. The van der Waals surface area contributed by atoms with Crippen LogP contribution in [-0.4, -0.2) is 54.2 Å². The second kappa shape index (κ2) is 9.63. The molecule has 2 unspecified atom stereocenters. The van der Waals surface area contributed by atoms with Gasteiger partial charge >= 0.3 is 0 Å². The second-order valence-corrected chi connectivity index (χ2v) is 7.56. The van der Waals surface area contributed by atoms with Crippen molar-refractivity contribution in [2.24, 2.45) is 0 Å². The number of ether oxygens (including phenoxy) is 2. The predicted octanol–water partition coefficient (Wildman–Crippen LogP) is 5.03. The van der Waals surface area contributed by atoms with E-state index in [9.17, 15) is 4.79 Å². The first-order chi connectivity index (χ1) is 14.5. The molecule has 5 heteroatoms. The lowest BCUT2D eigenvalue weighted by Gasteiger charge is -2.28. The molecule has 162 valence electrons. The van der Waals surface area contributed by atoms with Crippen molar-refractivity contribution in [2.75, 3.05) is 26.2 Å². The number of hydrogen-bond acceptors (Lipinski definition) is 5.